The Hall–Kier alpha value is -1.75. The molecule has 3 amide bonds. The molecule has 33 heavy (non-hydrogen) atoms. The van der Waals surface area contributed by atoms with Gasteiger partial charge in [0.25, 0.3) is 0 Å². The number of fused-ring (bicyclic) bond motifs is 1. The van der Waals surface area contributed by atoms with E-state index in [1.807, 2.05) is 13.8 Å². The maximum absolute atomic E-state index is 13.6. The zero-order valence-electron chi connectivity index (χ0n) is 19.8. The van der Waals surface area contributed by atoms with Crippen molar-refractivity contribution < 1.29 is 29.0 Å². The van der Waals surface area contributed by atoms with E-state index >= 15 is 0 Å². The molecule has 10 heteroatoms. The zero-order chi connectivity index (χ0) is 23.6. The fourth-order valence-corrected chi connectivity index (χ4v) is 6.23. The van der Waals surface area contributed by atoms with Crippen LogP contribution in [-0.2, 0) is 23.9 Å². The van der Waals surface area contributed by atoms with E-state index in [-0.39, 0.29) is 30.9 Å². The molecule has 0 aromatic carbocycles. The maximum Gasteiger partial charge on any atom is 0.245 e. The quantitative estimate of drug-likeness (QED) is 0.382. The van der Waals surface area contributed by atoms with E-state index in [2.05, 4.69) is 15.5 Å². The minimum absolute atomic E-state index is 0.0776. The number of amides is 3. The molecule has 4 aliphatic rings. The average Bonchev–Trinajstić information content (AvgIpc) is 3.37. The van der Waals surface area contributed by atoms with E-state index in [9.17, 15) is 19.5 Å². The van der Waals surface area contributed by atoms with Crippen LogP contribution in [0.2, 0.25) is 0 Å². The molecule has 10 nitrogen and oxygen atoms in total. The van der Waals surface area contributed by atoms with Gasteiger partial charge in [-0.25, -0.2) is 0 Å². The van der Waals surface area contributed by atoms with Crippen LogP contribution in [0.15, 0.2) is 0 Å². The molecule has 4 fully saturated rings. The van der Waals surface area contributed by atoms with Gasteiger partial charge in [0.2, 0.25) is 17.7 Å². The first kappa shape index (κ1) is 24.4. The number of aliphatic hydroxyl groups is 1. The number of nitrogens with one attached hydrogen (secondary N) is 2. The molecule has 4 rings (SSSR count). The standard InChI is InChI=1S/C23H38N4O6/c1-3-7-24-19(29)16-17-21(31)27(9-4-13-28)18(23(17)6-5-22(16,2)33-23)20(30)25-8-10-26-11-14-32-15-12-26/h16-18,28H,3-15H2,1-2H3,(H,24,29)(H,25,30)/t16-,17-,18?,22+,23?/m0/s1. The molecule has 0 aromatic rings. The fourth-order valence-electron chi connectivity index (χ4n) is 6.23. The van der Waals surface area contributed by atoms with Crippen LogP contribution in [0.25, 0.3) is 0 Å². The van der Waals surface area contributed by atoms with Crippen LogP contribution in [0.1, 0.15) is 39.5 Å². The molecule has 2 bridgehead atoms. The van der Waals surface area contributed by atoms with Crippen molar-refractivity contribution >= 4 is 17.7 Å². The molecule has 0 aromatic heterocycles. The number of aliphatic hydroxyl groups excluding tert-OH is 1. The molecule has 2 unspecified atom stereocenters. The van der Waals surface area contributed by atoms with Crippen molar-refractivity contribution in [3.05, 3.63) is 0 Å². The summed E-state index contributed by atoms with van der Waals surface area (Å²) in [6.07, 6.45) is 2.37. The van der Waals surface area contributed by atoms with Crippen LogP contribution in [0.5, 0.6) is 0 Å². The zero-order valence-corrected chi connectivity index (χ0v) is 19.8. The highest BCUT2D eigenvalue weighted by atomic mass is 16.5. The second kappa shape index (κ2) is 9.85. The number of morpholine rings is 1. The number of ether oxygens (including phenoxy) is 2. The highest BCUT2D eigenvalue weighted by Crippen LogP contribution is 2.63. The Labute approximate surface area is 195 Å². The summed E-state index contributed by atoms with van der Waals surface area (Å²) in [7, 11) is 0. The van der Waals surface area contributed by atoms with Gasteiger partial charge in [-0.2, -0.15) is 0 Å². The summed E-state index contributed by atoms with van der Waals surface area (Å²) >= 11 is 0. The van der Waals surface area contributed by atoms with Crippen LogP contribution >= 0.6 is 0 Å². The Kier molecular flexibility index (Phi) is 7.28. The smallest absolute Gasteiger partial charge is 0.245 e. The number of carbonyl (C=O) groups is 3. The average molecular weight is 467 g/mol. The molecule has 4 heterocycles. The molecule has 4 aliphatic heterocycles. The summed E-state index contributed by atoms with van der Waals surface area (Å²) in [5.74, 6) is -1.92. The number of hydrogen-bond donors (Lipinski definition) is 3. The van der Waals surface area contributed by atoms with Gasteiger partial charge in [0.15, 0.2) is 0 Å². The van der Waals surface area contributed by atoms with Gasteiger partial charge in [-0.1, -0.05) is 6.92 Å². The van der Waals surface area contributed by atoms with Crippen LogP contribution in [-0.4, -0.2) is 109 Å². The van der Waals surface area contributed by atoms with Crippen LogP contribution in [0, 0.1) is 11.8 Å². The second-order valence-corrected chi connectivity index (χ2v) is 9.87. The van der Waals surface area contributed by atoms with Crippen molar-refractivity contribution in [2.75, 3.05) is 59.1 Å². The van der Waals surface area contributed by atoms with Gasteiger partial charge < -0.3 is 30.1 Å². The second-order valence-electron chi connectivity index (χ2n) is 9.87. The molecular formula is C23H38N4O6. The molecule has 5 atom stereocenters. The van der Waals surface area contributed by atoms with E-state index in [0.717, 1.165) is 19.5 Å². The Morgan fingerprint density at radius 1 is 1.12 bits per heavy atom. The minimum Gasteiger partial charge on any atom is -0.396 e. The number of hydrogen-bond acceptors (Lipinski definition) is 7. The number of carbonyl (C=O) groups excluding carboxylic acids is 3. The van der Waals surface area contributed by atoms with E-state index in [4.69, 9.17) is 9.47 Å². The summed E-state index contributed by atoms with van der Waals surface area (Å²) < 4.78 is 11.9. The Bertz CT molecular complexity index is 759. The van der Waals surface area contributed by atoms with E-state index in [1.54, 1.807) is 4.90 Å². The Morgan fingerprint density at radius 2 is 1.85 bits per heavy atom. The molecule has 4 saturated heterocycles. The van der Waals surface area contributed by atoms with E-state index in [1.165, 1.54) is 0 Å². The maximum atomic E-state index is 13.6. The first-order valence-electron chi connectivity index (χ1n) is 12.3. The van der Waals surface area contributed by atoms with Gasteiger partial charge in [-0.05, 0) is 32.6 Å². The normalized spacial score (nSPS) is 35.7. The topological polar surface area (TPSA) is 120 Å². The van der Waals surface area contributed by atoms with E-state index < -0.39 is 29.1 Å². The third-order valence-corrected chi connectivity index (χ3v) is 7.74. The van der Waals surface area contributed by atoms with Crippen LogP contribution in [0.4, 0.5) is 0 Å². The van der Waals surface area contributed by atoms with Gasteiger partial charge in [0.05, 0.1) is 30.7 Å². The van der Waals surface area contributed by atoms with Crippen molar-refractivity contribution in [3.8, 4) is 0 Å². The van der Waals surface area contributed by atoms with Crippen LogP contribution in [0.3, 0.4) is 0 Å². The lowest BCUT2D eigenvalue weighted by atomic mass is 9.66. The predicted molar refractivity (Wildman–Crippen MR) is 119 cm³/mol. The summed E-state index contributed by atoms with van der Waals surface area (Å²) in [6.45, 7) is 8.84. The lowest BCUT2D eigenvalue weighted by Crippen LogP contribution is -2.56. The number of nitrogens with zero attached hydrogens (tertiary/aromatic N) is 2. The fraction of sp³-hybridized carbons (Fsp3) is 0.870. The summed E-state index contributed by atoms with van der Waals surface area (Å²) in [5, 5.41) is 15.3. The minimum atomic E-state index is -1.00. The molecular weight excluding hydrogens is 428 g/mol. The predicted octanol–water partition coefficient (Wildman–Crippen LogP) is -0.892. The number of rotatable bonds is 10. The third kappa shape index (κ3) is 4.26. The van der Waals surface area contributed by atoms with Crippen LogP contribution < -0.4 is 10.6 Å². The third-order valence-electron chi connectivity index (χ3n) is 7.74. The summed E-state index contributed by atoms with van der Waals surface area (Å²) in [5.41, 5.74) is -1.76. The van der Waals surface area contributed by atoms with E-state index in [0.29, 0.717) is 52.1 Å². The van der Waals surface area contributed by atoms with Gasteiger partial charge in [0.1, 0.15) is 11.6 Å². The van der Waals surface area contributed by atoms with Crippen molar-refractivity contribution in [3.63, 3.8) is 0 Å². The van der Waals surface area contributed by atoms with Crippen molar-refractivity contribution in [1.29, 1.82) is 0 Å². The van der Waals surface area contributed by atoms with Gasteiger partial charge >= 0.3 is 0 Å². The van der Waals surface area contributed by atoms with Gasteiger partial charge in [-0.3, -0.25) is 19.3 Å². The SMILES string of the molecule is CCCNC(=O)[C@@H]1[C@H]2C(=O)N(CCCO)C(C(=O)NCCN3CCOCC3)C23CC[C@@]1(C)O3. The monoisotopic (exact) mass is 466 g/mol. The molecule has 186 valence electrons. The molecule has 0 radical (unpaired) electrons. The first-order chi connectivity index (χ1) is 15.9. The number of likely N-dealkylation sites (tertiary alicyclic amines) is 1. The molecule has 1 spiro atoms. The highest BCUT2D eigenvalue weighted by Gasteiger charge is 2.77. The highest BCUT2D eigenvalue weighted by molar-refractivity contribution is 5.99. The largest absolute Gasteiger partial charge is 0.396 e. The Morgan fingerprint density at radius 3 is 2.55 bits per heavy atom. The Balaban J connectivity index is 1.54. The van der Waals surface area contributed by atoms with Crippen molar-refractivity contribution in [2.24, 2.45) is 11.8 Å². The van der Waals surface area contributed by atoms with Gasteiger partial charge in [0, 0.05) is 45.9 Å². The first-order valence-corrected chi connectivity index (χ1v) is 12.3. The summed E-state index contributed by atoms with van der Waals surface area (Å²) in [6, 6.07) is -0.794. The lowest BCUT2D eigenvalue weighted by molar-refractivity contribution is -0.146. The lowest BCUT2D eigenvalue weighted by Gasteiger charge is -2.33. The van der Waals surface area contributed by atoms with Gasteiger partial charge in [-0.15, -0.1) is 0 Å². The van der Waals surface area contributed by atoms with Crippen molar-refractivity contribution in [1.82, 2.24) is 20.4 Å². The summed E-state index contributed by atoms with van der Waals surface area (Å²) in [4.78, 5) is 44.0. The van der Waals surface area contributed by atoms with Crippen molar-refractivity contribution in [2.45, 2.75) is 56.8 Å². The molecule has 3 N–H and O–H groups in total. The molecule has 0 saturated carbocycles. The molecule has 0 aliphatic carbocycles.